The van der Waals surface area contributed by atoms with Crippen LogP contribution in [0.4, 0.5) is 17.1 Å². The molecule has 0 bridgehead atoms. The lowest BCUT2D eigenvalue weighted by Gasteiger charge is -2.23. The molecule has 0 saturated carbocycles. The maximum atomic E-state index is 5.39. The van der Waals surface area contributed by atoms with Gasteiger partial charge in [0.1, 0.15) is 0 Å². The van der Waals surface area contributed by atoms with E-state index in [-0.39, 0.29) is 11.5 Å². The first-order chi connectivity index (χ1) is 25.4. The molecule has 4 nitrogen and oxygen atoms in total. The highest BCUT2D eigenvalue weighted by atomic mass is 15.0. The van der Waals surface area contributed by atoms with E-state index in [1.165, 1.54) is 88.8 Å². The molecule has 1 unspecified atom stereocenters. The molecule has 0 amide bonds. The molecule has 2 aliphatic heterocycles. The van der Waals surface area contributed by atoms with Crippen molar-refractivity contribution in [1.82, 2.24) is 4.57 Å². The first-order valence-electron chi connectivity index (χ1n) is 18.3. The number of fused-ring (bicyclic) bond motifs is 8. The fourth-order valence-corrected chi connectivity index (χ4v) is 9.22. The molecule has 3 aliphatic rings. The Hall–Kier alpha value is -6.26. The minimum absolute atomic E-state index is 0.0110. The number of hydrogen-bond acceptors (Lipinski definition) is 3. The number of hydrogen-bond donors (Lipinski definition) is 3. The molecule has 0 fully saturated rings. The van der Waals surface area contributed by atoms with E-state index in [0.717, 1.165) is 12.8 Å². The Morgan fingerprint density at radius 2 is 1.29 bits per heavy atom. The van der Waals surface area contributed by atoms with E-state index in [0.29, 0.717) is 11.4 Å². The summed E-state index contributed by atoms with van der Waals surface area (Å²) in [4.78, 5) is 0. The van der Waals surface area contributed by atoms with Gasteiger partial charge in [-0.1, -0.05) is 129 Å². The zero-order valence-electron chi connectivity index (χ0n) is 29.4. The van der Waals surface area contributed by atoms with Gasteiger partial charge < -0.3 is 21.4 Å². The van der Waals surface area contributed by atoms with Crippen LogP contribution < -0.4 is 16.8 Å². The van der Waals surface area contributed by atoms with E-state index in [9.17, 15) is 0 Å². The molecule has 7 aromatic carbocycles. The smallest absolute Gasteiger partial charge is 0.0619 e. The molecular weight excluding hydrogens is 633 g/mol. The maximum Gasteiger partial charge on any atom is 0.0619 e. The van der Waals surface area contributed by atoms with Gasteiger partial charge in [-0.3, -0.25) is 0 Å². The maximum absolute atomic E-state index is 5.39. The van der Waals surface area contributed by atoms with Crippen LogP contribution in [-0.4, -0.2) is 10.6 Å². The van der Waals surface area contributed by atoms with Gasteiger partial charge in [-0.15, -0.1) is 0 Å². The van der Waals surface area contributed by atoms with Gasteiger partial charge in [0, 0.05) is 44.6 Å². The van der Waals surface area contributed by atoms with Crippen molar-refractivity contribution in [1.29, 1.82) is 0 Å². The van der Waals surface area contributed by atoms with Crippen LogP contribution in [0.3, 0.4) is 0 Å². The molecule has 3 heterocycles. The average molecular weight is 673 g/mol. The Morgan fingerprint density at radius 1 is 0.615 bits per heavy atom. The second kappa shape index (κ2) is 11.4. The minimum atomic E-state index is 0.0110. The van der Waals surface area contributed by atoms with E-state index in [1.807, 2.05) is 12.1 Å². The molecule has 0 spiro atoms. The summed E-state index contributed by atoms with van der Waals surface area (Å²) in [5.74, 6) is 0. The van der Waals surface area contributed by atoms with Crippen molar-refractivity contribution in [3.63, 3.8) is 0 Å². The van der Waals surface area contributed by atoms with Crippen LogP contribution >= 0.6 is 0 Å². The van der Waals surface area contributed by atoms with Gasteiger partial charge in [0.15, 0.2) is 0 Å². The van der Waals surface area contributed by atoms with Crippen molar-refractivity contribution >= 4 is 38.9 Å². The van der Waals surface area contributed by atoms with Crippen LogP contribution in [0, 0.1) is 0 Å². The molecule has 4 heteroatoms. The van der Waals surface area contributed by atoms with Crippen molar-refractivity contribution in [2.75, 3.05) is 16.8 Å². The van der Waals surface area contributed by atoms with Crippen LogP contribution in [0.1, 0.15) is 36.1 Å². The monoisotopic (exact) mass is 672 g/mol. The van der Waals surface area contributed by atoms with E-state index >= 15 is 0 Å². The molecule has 8 aromatic rings. The van der Waals surface area contributed by atoms with Gasteiger partial charge in [-0.25, -0.2) is 0 Å². The zero-order chi connectivity index (χ0) is 35.1. The lowest BCUT2D eigenvalue weighted by atomic mass is 9.81. The third kappa shape index (κ3) is 4.47. The van der Waals surface area contributed by atoms with Crippen LogP contribution in [0.2, 0.25) is 0 Å². The third-order valence-electron chi connectivity index (χ3n) is 11.6. The number of nitrogens with zero attached hydrogens (tertiary/aromatic N) is 1. The number of benzene rings is 7. The van der Waals surface area contributed by atoms with Gasteiger partial charge in [0.25, 0.3) is 0 Å². The number of nitrogens with one attached hydrogen (secondary N) is 1. The van der Waals surface area contributed by atoms with Crippen molar-refractivity contribution in [2.24, 2.45) is 0 Å². The van der Waals surface area contributed by atoms with E-state index in [4.69, 9.17) is 11.5 Å². The predicted molar refractivity (Wildman–Crippen MR) is 219 cm³/mol. The summed E-state index contributed by atoms with van der Waals surface area (Å²) in [5, 5.41) is 6.70. The standard InChI is InChI=1S/C42H32N2.C6H8N2/c1-42(2)34-16-5-3-11-28(34)29-21-20-25(23-35(29)42)22-27-24-26-10-7-19-38-39(26)40-31(13-9-17-36(40)43-27)33-15-8-14-32-30-12-4-6-18-37(30)44(38)41(32)33;7-5-3-1-2-4-6(5)8/h3-21,23,27,43H,22,24H2,1-2H3;1-4H,7-8H2. The first-order valence-corrected chi connectivity index (χ1v) is 18.3. The highest BCUT2D eigenvalue weighted by Crippen LogP contribution is 2.52. The Balaban J connectivity index is 0.000000377. The Morgan fingerprint density at radius 3 is 2.13 bits per heavy atom. The molecule has 252 valence electrons. The van der Waals surface area contributed by atoms with Crippen LogP contribution in [0.5, 0.6) is 0 Å². The first kappa shape index (κ1) is 30.6. The van der Waals surface area contributed by atoms with Crippen LogP contribution in [0.15, 0.2) is 146 Å². The zero-order valence-corrected chi connectivity index (χ0v) is 29.4. The van der Waals surface area contributed by atoms with Gasteiger partial charge in [-0.2, -0.15) is 0 Å². The third-order valence-corrected chi connectivity index (χ3v) is 11.6. The summed E-state index contributed by atoms with van der Waals surface area (Å²) < 4.78 is 2.53. The quantitative estimate of drug-likeness (QED) is 0.160. The predicted octanol–water partition coefficient (Wildman–Crippen LogP) is 11.2. The number of para-hydroxylation sites is 4. The summed E-state index contributed by atoms with van der Waals surface area (Å²) in [6, 6.07) is 53.2. The van der Waals surface area contributed by atoms with Gasteiger partial charge in [0.05, 0.1) is 28.1 Å². The van der Waals surface area contributed by atoms with E-state index < -0.39 is 0 Å². The van der Waals surface area contributed by atoms with Crippen molar-refractivity contribution in [2.45, 2.75) is 38.1 Å². The fourth-order valence-electron chi connectivity index (χ4n) is 9.22. The molecule has 1 atom stereocenters. The minimum Gasteiger partial charge on any atom is -0.397 e. The normalized spacial score (nSPS) is 15.4. The molecule has 0 radical (unpaired) electrons. The van der Waals surface area contributed by atoms with Crippen LogP contribution in [0.25, 0.3) is 60.9 Å². The molecule has 52 heavy (non-hydrogen) atoms. The summed E-state index contributed by atoms with van der Waals surface area (Å²) in [7, 11) is 0. The van der Waals surface area contributed by atoms with E-state index in [1.54, 1.807) is 12.1 Å². The summed E-state index contributed by atoms with van der Waals surface area (Å²) >= 11 is 0. The Bertz CT molecular complexity index is 2710. The highest BCUT2D eigenvalue weighted by Gasteiger charge is 2.36. The lowest BCUT2D eigenvalue weighted by molar-refractivity contribution is 0.656. The van der Waals surface area contributed by atoms with Crippen LogP contribution in [-0.2, 0) is 18.3 Å². The molecule has 1 aromatic heterocycles. The summed E-state index contributed by atoms with van der Waals surface area (Å²) in [6.45, 7) is 4.75. The molecular formula is C48H40N4. The Labute approximate surface area is 304 Å². The second-order valence-corrected chi connectivity index (χ2v) is 15.0. The summed E-state index contributed by atoms with van der Waals surface area (Å²) in [5.41, 5.74) is 31.0. The SMILES string of the molecule is CC1(C)c2ccccc2-c2ccc(CC3Cc4cccc5c4-c4c(cccc4-c4cccc6c7ccccc7n-5c46)N3)cc21.Nc1ccccc1N. The topological polar surface area (TPSA) is 69.0 Å². The molecule has 1 aliphatic carbocycles. The number of nitrogens with two attached hydrogens (primary N) is 2. The molecule has 0 saturated heterocycles. The van der Waals surface area contributed by atoms with Gasteiger partial charge in [-0.05, 0) is 82.1 Å². The number of aromatic nitrogens is 1. The average Bonchev–Trinajstić information content (AvgIpc) is 3.48. The largest absolute Gasteiger partial charge is 0.397 e. The number of rotatable bonds is 2. The fraction of sp³-hybridized carbons (Fsp3) is 0.125. The summed E-state index contributed by atoms with van der Waals surface area (Å²) in [6.07, 6.45) is 1.94. The van der Waals surface area contributed by atoms with Crippen molar-refractivity contribution in [3.8, 4) is 39.1 Å². The number of nitrogen functional groups attached to an aromatic ring is 2. The van der Waals surface area contributed by atoms with Gasteiger partial charge >= 0.3 is 0 Å². The van der Waals surface area contributed by atoms with Gasteiger partial charge in [0.2, 0.25) is 0 Å². The highest BCUT2D eigenvalue weighted by molar-refractivity contribution is 6.17. The van der Waals surface area contributed by atoms with Crippen molar-refractivity contribution in [3.05, 3.63) is 168 Å². The van der Waals surface area contributed by atoms with E-state index in [2.05, 4.69) is 145 Å². The molecule has 5 N–H and O–H groups in total. The second-order valence-electron chi connectivity index (χ2n) is 15.0. The lowest BCUT2D eigenvalue weighted by Crippen LogP contribution is -2.24. The Kier molecular flexibility index (Phi) is 6.68. The molecule has 11 rings (SSSR count). The van der Waals surface area contributed by atoms with Crippen molar-refractivity contribution < 1.29 is 0 Å². The number of anilines is 3.